The van der Waals surface area contributed by atoms with E-state index in [-0.39, 0.29) is 11.6 Å². The van der Waals surface area contributed by atoms with Crippen LogP contribution < -0.4 is 14.9 Å². The van der Waals surface area contributed by atoms with Crippen LogP contribution in [0.15, 0.2) is 119 Å². The Kier molecular flexibility index (Phi) is 6.47. The molecule has 0 saturated heterocycles. The highest BCUT2D eigenvalue weighted by Crippen LogP contribution is 2.41. The van der Waals surface area contributed by atoms with Crippen molar-refractivity contribution in [3.8, 4) is 0 Å². The van der Waals surface area contributed by atoms with Crippen molar-refractivity contribution in [3.63, 3.8) is 0 Å². The van der Waals surface area contributed by atoms with E-state index < -0.39 is 0 Å². The maximum Gasteiger partial charge on any atom is 0.271 e. The van der Waals surface area contributed by atoms with E-state index in [1.807, 2.05) is 59.2 Å². The number of furan rings is 1. The van der Waals surface area contributed by atoms with E-state index in [0.717, 1.165) is 44.1 Å². The SMILES string of the molecule is O=c1/c(=C/c2ccc(Sc3ccc(Cl)cc3)o2)sc2n1[C@H](c1ccc(Br)cc1)C1=C(N=2)c2ccccc2CC1. The first-order valence-electron chi connectivity index (χ1n) is 12.5. The molecule has 3 heterocycles. The van der Waals surface area contributed by atoms with Crippen LogP contribution in [0.1, 0.15) is 34.9 Å². The summed E-state index contributed by atoms with van der Waals surface area (Å²) < 4.78 is 9.53. The minimum atomic E-state index is -0.201. The topological polar surface area (TPSA) is 47.5 Å². The number of benzene rings is 3. The van der Waals surface area contributed by atoms with E-state index in [4.69, 9.17) is 21.0 Å². The standard InChI is InChI=1S/C31H20BrClN2O2S2/c32-20-8-5-19(6-9-20)29-25-15-7-18-3-1-2-4-24(18)28(25)34-31-35(29)30(36)26(39-31)17-22-12-16-27(37-22)38-23-13-10-21(33)11-14-23/h1-6,8-14,16-17,29H,7,15H2/b26-17-/t29-/m1/s1. The molecule has 0 fully saturated rings. The van der Waals surface area contributed by atoms with E-state index in [2.05, 4.69) is 52.3 Å². The number of allylic oxidation sites excluding steroid dienone is 1. The van der Waals surface area contributed by atoms with Gasteiger partial charge in [0.15, 0.2) is 9.89 Å². The first-order valence-corrected chi connectivity index (χ1v) is 15.3. The lowest BCUT2D eigenvalue weighted by atomic mass is 9.83. The third-order valence-electron chi connectivity index (χ3n) is 6.97. The molecular formula is C31H20BrClN2O2S2. The number of aromatic nitrogens is 1. The normalized spacial score (nSPS) is 16.5. The molecule has 7 rings (SSSR count). The maximum absolute atomic E-state index is 13.9. The Hall–Kier alpha value is -3.10. The van der Waals surface area contributed by atoms with Gasteiger partial charge in [0, 0.05) is 26.0 Å². The van der Waals surface area contributed by atoms with Crippen LogP contribution in [0.4, 0.5) is 0 Å². The van der Waals surface area contributed by atoms with Crippen molar-refractivity contribution < 1.29 is 4.42 Å². The lowest BCUT2D eigenvalue weighted by Crippen LogP contribution is -2.38. The van der Waals surface area contributed by atoms with E-state index in [1.54, 1.807) is 0 Å². The molecule has 0 spiro atoms. The average Bonchev–Trinajstić information content (AvgIpc) is 3.52. The van der Waals surface area contributed by atoms with E-state index in [0.29, 0.717) is 20.1 Å². The monoisotopic (exact) mass is 630 g/mol. The molecule has 2 aromatic heterocycles. The number of rotatable bonds is 4. The van der Waals surface area contributed by atoms with Crippen LogP contribution in [0.2, 0.25) is 5.02 Å². The summed E-state index contributed by atoms with van der Waals surface area (Å²) in [4.78, 5) is 20.7. The summed E-state index contributed by atoms with van der Waals surface area (Å²) in [7, 11) is 0. The van der Waals surface area contributed by atoms with Crippen LogP contribution in [0.5, 0.6) is 0 Å². The van der Waals surface area contributed by atoms with Gasteiger partial charge in [0.1, 0.15) is 5.76 Å². The molecule has 1 atom stereocenters. The molecule has 192 valence electrons. The molecule has 39 heavy (non-hydrogen) atoms. The van der Waals surface area contributed by atoms with Crippen LogP contribution in [0.25, 0.3) is 11.8 Å². The molecule has 1 aliphatic heterocycles. The summed E-state index contributed by atoms with van der Waals surface area (Å²) in [5, 5.41) is 1.44. The third kappa shape index (κ3) is 4.67. The Morgan fingerprint density at radius 3 is 2.62 bits per heavy atom. The van der Waals surface area contributed by atoms with Gasteiger partial charge in [0.2, 0.25) is 0 Å². The number of hydrogen-bond acceptors (Lipinski definition) is 5. The molecule has 0 bridgehead atoms. The molecule has 2 aliphatic rings. The van der Waals surface area contributed by atoms with Gasteiger partial charge >= 0.3 is 0 Å². The summed E-state index contributed by atoms with van der Waals surface area (Å²) in [6, 6.07) is 27.9. The van der Waals surface area contributed by atoms with Crippen molar-refractivity contribution in [2.24, 2.45) is 4.99 Å². The highest BCUT2D eigenvalue weighted by Gasteiger charge is 2.32. The second-order valence-corrected chi connectivity index (χ2v) is 12.8. The van der Waals surface area contributed by atoms with Crippen LogP contribution in [-0.4, -0.2) is 4.57 Å². The quantitative estimate of drug-likeness (QED) is 0.207. The smallest absolute Gasteiger partial charge is 0.271 e. The van der Waals surface area contributed by atoms with Crippen LogP contribution >= 0.6 is 50.6 Å². The Labute approximate surface area is 246 Å². The van der Waals surface area contributed by atoms with Gasteiger partial charge in [-0.15, -0.1) is 0 Å². The number of thiazole rings is 1. The number of hydrogen-bond donors (Lipinski definition) is 0. The van der Waals surface area contributed by atoms with E-state index in [1.165, 1.54) is 34.2 Å². The van der Waals surface area contributed by atoms with Crippen LogP contribution in [0, 0.1) is 0 Å². The average molecular weight is 632 g/mol. The number of fused-ring (bicyclic) bond motifs is 3. The third-order valence-corrected chi connectivity index (χ3v) is 9.66. The van der Waals surface area contributed by atoms with E-state index >= 15 is 0 Å². The second kappa shape index (κ2) is 10.1. The van der Waals surface area contributed by atoms with E-state index in [9.17, 15) is 4.79 Å². The van der Waals surface area contributed by atoms with Gasteiger partial charge in [-0.05, 0) is 78.1 Å². The minimum Gasteiger partial charge on any atom is -0.450 e. The van der Waals surface area contributed by atoms with Crippen molar-refractivity contribution in [1.82, 2.24) is 4.57 Å². The maximum atomic E-state index is 13.9. The van der Waals surface area contributed by atoms with Crippen molar-refractivity contribution in [2.75, 3.05) is 0 Å². The predicted molar refractivity (Wildman–Crippen MR) is 161 cm³/mol. The summed E-state index contributed by atoms with van der Waals surface area (Å²) in [6.07, 6.45) is 3.62. The molecule has 0 N–H and O–H groups in total. The Morgan fingerprint density at radius 2 is 1.79 bits per heavy atom. The molecular weight excluding hydrogens is 612 g/mol. The first-order chi connectivity index (χ1) is 19.0. The zero-order chi connectivity index (χ0) is 26.5. The molecule has 1 aliphatic carbocycles. The van der Waals surface area contributed by atoms with Gasteiger partial charge in [-0.1, -0.05) is 87.0 Å². The molecule has 0 amide bonds. The Morgan fingerprint density at radius 1 is 1.00 bits per heavy atom. The first kappa shape index (κ1) is 24.9. The molecule has 0 radical (unpaired) electrons. The van der Waals surface area contributed by atoms with Crippen molar-refractivity contribution in [3.05, 3.63) is 142 Å². The van der Waals surface area contributed by atoms with Gasteiger partial charge in [0.25, 0.3) is 5.56 Å². The highest BCUT2D eigenvalue weighted by atomic mass is 79.9. The fourth-order valence-electron chi connectivity index (χ4n) is 5.18. The lowest BCUT2D eigenvalue weighted by molar-refractivity contribution is 0.466. The number of aryl methyl sites for hydroxylation is 1. The van der Waals surface area contributed by atoms with Crippen molar-refractivity contribution in [2.45, 2.75) is 28.9 Å². The molecule has 3 aromatic carbocycles. The largest absolute Gasteiger partial charge is 0.450 e. The molecule has 5 aromatic rings. The summed E-state index contributed by atoms with van der Waals surface area (Å²) in [5.74, 6) is 0.631. The summed E-state index contributed by atoms with van der Waals surface area (Å²) in [6.45, 7) is 0. The molecule has 8 heteroatoms. The van der Waals surface area contributed by atoms with Gasteiger partial charge in [-0.3, -0.25) is 9.36 Å². The Balaban J connectivity index is 1.34. The zero-order valence-corrected chi connectivity index (χ0v) is 24.4. The summed E-state index contributed by atoms with van der Waals surface area (Å²) >= 11 is 12.5. The molecule has 0 saturated carbocycles. The molecule has 4 nitrogen and oxygen atoms in total. The number of halogens is 2. The van der Waals surface area contributed by atoms with Crippen molar-refractivity contribution in [1.29, 1.82) is 0 Å². The van der Waals surface area contributed by atoms with Gasteiger partial charge in [-0.25, -0.2) is 4.99 Å². The predicted octanol–water partition coefficient (Wildman–Crippen LogP) is 7.48. The fraction of sp³-hybridized carbons (Fsp3) is 0.0968. The van der Waals surface area contributed by atoms with Gasteiger partial charge in [-0.2, -0.15) is 0 Å². The second-order valence-electron chi connectivity index (χ2n) is 9.38. The summed E-state index contributed by atoms with van der Waals surface area (Å²) in [5.41, 5.74) is 5.67. The number of nitrogens with zero attached hydrogens (tertiary/aromatic N) is 2. The van der Waals surface area contributed by atoms with Gasteiger partial charge < -0.3 is 4.42 Å². The zero-order valence-electron chi connectivity index (χ0n) is 20.4. The van der Waals surface area contributed by atoms with Crippen LogP contribution in [-0.2, 0) is 6.42 Å². The molecule has 0 unspecified atom stereocenters. The lowest BCUT2D eigenvalue weighted by Gasteiger charge is -2.30. The van der Waals surface area contributed by atoms with Crippen LogP contribution in [0.3, 0.4) is 0 Å². The highest BCUT2D eigenvalue weighted by molar-refractivity contribution is 9.10. The Bertz CT molecular complexity index is 1940. The minimum absolute atomic E-state index is 0.0552. The van der Waals surface area contributed by atoms with Gasteiger partial charge in [0.05, 0.1) is 16.3 Å². The fourth-order valence-corrected chi connectivity index (χ4v) is 7.33. The van der Waals surface area contributed by atoms with Crippen molar-refractivity contribution >= 4 is 62.4 Å².